The van der Waals surface area contributed by atoms with Crippen LogP contribution >= 0.6 is 0 Å². The van der Waals surface area contributed by atoms with Crippen LogP contribution in [0.5, 0.6) is 0 Å². The maximum Gasteiger partial charge on any atom is 0.264 e. The van der Waals surface area contributed by atoms with Gasteiger partial charge in [-0.05, 0) is 0 Å². The van der Waals surface area contributed by atoms with Crippen LogP contribution in [0.15, 0.2) is 0 Å². The molecule has 0 heterocycles. The predicted octanol–water partition coefficient (Wildman–Crippen LogP) is -6.98. The Morgan fingerprint density at radius 2 is 0.739 bits per heavy atom. The third kappa shape index (κ3) is 11.9. The first kappa shape index (κ1) is 22.9. The highest BCUT2D eigenvalue weighted by Crippen LogP contribution is 1.87. The molecule has 4 amide bonds. The van der Waals surface area contributed by atoms with E-state index in [0.29, 0.717) is 0 Å². The summed E-state index contributed by atoms with van der Waals surface area (Å²) < 4.78 is 4.38. The Morgan fingerprint density at radius 1 is 0.522 bits per heavy atom. The van der Waals surface area contributed by atoms with Crippen LogP contribution in [0.3, 0.4) is 0 Å². The van der Waals surface area contributed by atoms with Crippen LogP contribution in [0.4, 0.5) is 0 Å². The molecule has 0 bridgehead atoms. The van der Waals surface area contributed by atoms with Crippen LogP contribution < -0.4 is 45.9 Å². The maximum atomic E-state index is 10.2. The van der Waals surface area contributed by atoms with Crippen LogP contribution in [0, 0.1) is 0 Å². The molecule has 0 aromatic rings. The molecule has 23 heavy (non-hydrogen) atoms. The number of ether oxygens (including phenoxy) is 1. The fourth-order valence-corrected chi connectivity index (χ4v) is 0.507. The van der Waals surface area contributed by atoms with Gasteiger partial charge in [0.1, 0.15) is 0 Å². The van der Waals surface area contributed by atoms with Crippen molar-refractivity contribution >= 4 is 23.6 Å². The highest BCUT2D eigenvalue weighted by atomic mass is 17.2. The molecular formula is C8H20N8O7. The van der Waals surface area contributed by atoms with Gasteiger partial charge in [-0.25, -0.2) is 9.78 Å². The summed E-state index contributed by atoms with van der Waals surface area (Å²) in [6.07, 6.45) is -5.76. The molecule has 0 rings (SSSR count). The lowest BCUT2D eigenvalue weighted by atomic mass is 10.5. The number of hydrogen-bond donors (Lipinski definition) is 8. The standard InChI is InChI=1S/C4H10N4O4.C4H10N4O3/c5-1(9)3(7)11-12-4(8)2(6)10;5-1(9)3(7)11-4(8)2(6)10/h3-4H,7-8H2,(H2,5,9)(H2,6,10);3-4H,7-8H2,(H2,5,9)(H2,6,10). The van der Waals surface area contributed by atoms with Crippen molar-refractivity contribution in [1.29, 1.82) is 0 Å². The van der Waals surface area contributed by atoms with E-state index in [9.17, 15) is 19.2 Å². The van der Waals surface area contributed by atoms with Gasteiger partial charge in [0.05, 0.1) is 0 Å². The first-order chi connectivity index (χ1) is 10.4. The summed E-state index contributed by atoms with van der Waals surface area (Å²) >= 11 is 0. The summed E-state index contributed by atoms with van der Waals surface area (Å²) in [5.41, 5.74) is 38.5. The van der Waals surface area contributed by atoms with Crippen molar-refractivity contribution in [2.45, 2.75) is 24.9 Å². The maximum absolute atomic E-state index is 10.2. The van der Waals surface area contributed by atoms with E-state index in [4.69, 9.17) is 22.9 Å². The third-order valence-electron chi connectivity index (χ3n) is 1.68. The SMILES string of the molecule is NC(=O)C(N)OC(N)C(N)=O.NC(=O)C(N)OOC(N)C(N)=O. The minimum atomic E-state index is -1.48. The normalized spacial score (nSPS) is 15.3. The van der Waals surface area contributed by atoms with Crippen LogP contribution in [0.1, 0.15) is 0 Å². The molecule has 0 saturated carbocycles. The average Bonchev–Trinajstić information content (AvgIpc) is 2.44. The average molecular weight is 340 g/mol. The van der Waals surface area contributed by atoms with Gasteiger partial charge in [0.25, 0.3) is 23.6 Å². The number of hydrogen-bond acceptors (Lipinski definition) is 11. The lowest BCUT2D eigenvalue weighted by Crippen LogP contribution is -2.48. The Morgan fingerprint density at radius 3 is 0.913 bits per heavy atom. The molecule has 0 aromatic carbocycles. The van der Waals surface area contributed by atoms with Crippen LogP contribution in [-0.2, 0) is 33.7 Å². The third-order valence-corrected chi connectivity index (χ3v) is 1.68. The summed E-state index contributed by atoms with van der Waals surface area (Å²) in [4.78, 5) is 49.1. The first-order valence-electron chi connectivity index (χ1n) is 5.57. The summed E-state index contributed by atoms with van der Waals surface area (Å²) in [6, 6.07) is 0. The fraction of sp³-hybridized carbons (Fsp3) is 0.500. The highest BCUT2D eigenvalue weighted by molar-refractivity contribution is 5.81. The van der Waals surface area contributed by atoms with E-state index < -0.39 is 48.5 Å². The molecule has 0 aromatic heterocycles. The summed E-state index contributed by atoms with van der Waals surface area (Å²) in [5, 5.41) is 0. The molecule has 0 saturated heterocycles. The Bertz CT molecular complexity index is 395. The van der Waals surface area contributed by atoms with E-state index in [2.05, 4.69) is 37.4 Å². The zero-order valence-electron chi connectivity index (χ0n) is 11.8. The number of carbonyl (C=O) groups is 4. The number of rotatable bonds is 9. The number of primary amides is 4. The molecule has 0 radical (unpaired) electrons. The van der Waals surface area contributed by atoms with E-state index in [0.717, 1.165) is 0 Å². The summed E-state index contributed by atoms with van der Waals surface area (Å²) in [7, 11) is 0. The quantitative estimate of drug-likeness (QED) is 0.111. The topological polar surface area (TPSA) is 304 Å². The van der Waals surface area contributed by atoms with Gasteiger partial charge < -0.3 is 27.7 Å². The van der Waals surface area contributed by atoms with Crippen LogP contribution in [-0.4, -0.2) is 48.5 Å². The molecule has 0 fully saturated rings. The van der Waals surface area contributed by atoms with Gasteiger partial charge >= 0.3 is 0 Å². The Hall–Kier alpha value is -2.40. The fourth-order valence-electron chi connectivity index (χ4n) is 0.507. The van der Waals surface area contributed by atoms with Gasteiger partial charge in [0.2, 0.25) is 12.5 Å². The minimum absolute atomic E-state index is 0.915. The molecule has 0 aliphatic carbocycles. The molecule has 4 atom stereocenters. The Balaban J connectivity index is 0. The number of nitrogens with two attached hydrogens (primary N) is 8. The van der Waals surface area contributed by atoms with Crippen molar-refractivity contribution in [3.8, 4) is 0 Å². The van der Waals surface area contributed by atoms with Crippen molar-refractivity contribution in [3.63, 3.8) is 0 Å². The molecule has 0 aliphatic heterocycles. The Kier molecular flexibility index (Phi) is 11.1. The van der Waals surface area contributed by atoms with Gasteiger partial charge in [-0.15, -0.1) is 0 Å². The molecular weight excluding hydrogens is 320 g/mol. The second-order valence-corrected chi connectivity index (χ2v) is 3.62. The van der Waals surface area contributed by atoms with Gasteiger partial charge in [-0.2, -0.15) is 0 Å². The lowest BCUT2D eigenvalue weighted by Gasteiger charge is -2.12. The van der Waals surface area contributed by atoms with E-state index in [1.54, 1.807) is 0 Å². The van der Waals surface area contributed by atoms with Gasteiger partial charge in [0.15, 0.2) is 12.5 Å². The molecule has 15 heteroatoms. The number of carbonyl (C=O) groups excluding carboxylic acids is 4. The minimum Gasteiger partial charge on any atom is -0.366 e. The molecule has 16 N–H and O–H groups in total. The zero-order valence-corrected chi connectivity index (χ0v) is 11.8. The van der Waals surface area contributed by atoms with Crippen LogP contribution in [0.25, 0.3) is 0 Å². The van der Waals surface area contributed by atoms with E-state index in [1.807, 2.05) is 0 Å². The van der Waals surface area contributed by atoms with E-state index in [-0.39, 0.29) is 0 Å². The second-order valence-electron chi connectivity index (χ2n) is 3.62. The van der Waals surface area contributed by atoms with Crippen molar-refractivity contribution in [2.24, 2.45) is 45.9 Å². The van der Waals surface area contributed by atoms with Gasteiger partial charge in [0, 0.05) is 0 Å². The first-order valence-corrected chi connectivity index (χ1v) is 5.57. The summed E-state index contributed by atoms with van der Waals surface area (Å²) in [6.45, 7) is 0. The van der Waals surface area contributed by atoms with Crippen LogP contribution in [0.2, 0.25) is 0 Å². The zero-order chi connectivity index (χ0) is 18.7. The summed E-state index contributed by atoms with van der Waals surface area (Å²) in [5.74, 6) is -3.73. The number of amides is 4. The van der Waals surface area contributed by atoms with E-state index in [1.165, 1.54) is 0 Å². The molecule has 0 spiro atoms. The second kappa shape index (κ2) is 11.2. The van der Waals surface area contributed by atoms with Gasteiger partial charge in [-0.3, -0.25) is 42.1 Å². The van der Waals surface area contributed by atoms with Crippen molar-refractivity contribution < 1.29 is 33.7 Å². The molecule has 15 nitrogen and oxygen atoms in total. The monoisotopic (exact) mass is 340 g/mol. The van der Waals surface area contributed by atoms with Crippen molar-refractivity contribution in [1.82, 2.24) is 0 Å². The largest absolute Gasteiger partial charge is 0.366 e. The van der Waals surface area contributed by atoms with Crippen molar-refractivity contribution in [2.75, 3.05) is 0 Å². The molecule has 4 unspecified atom stereocenters. The van der Waals surface area contributed by atoms with E-state index >= 15 is 0 Å². The van der Waals surface area contributed by atoms with Crippen molar-refractivity contribution in [3.05, 3.63) is 0 Å². The molecule has 134 valence electrons. The molecule has 0 aliphatic rings. The lowest BCUT2D eigenvalue weighted by molar-refractivity contribution is -0.333. The predicted molar refractivity (Wildman–Crippen MR) is 71.9 cm³/mol. The smallest absolute Gasteiger partial charge is 0.264 e. The van der Waals surface area contributed by atoms with Gasteiger partial charge in [-0.1, -0.05) is 0 Å². The highest BCUT2D eigenvalue weighted by Gasteiger charge is 2.17. The Labute approximate surface area is 129 Å².